The smallest absolute Gasteiger partial charge is 0.396 e. The van der Waals surface area contributed by atoms with Crippen LogP contribution in [0.5, 0.6) is 0 Å². The van der Waals surface area contributed by atoms with E-state index in [9.17, 15) is 32.7 Å². The van der Waals surface area contributed by atoms with Crippen molar-refractivity contribution in [3.63, 3.8) is 0 Å². The maximum Gasteiger partial charge on any atom is 0.405 e. The summed E-state index contributed by atoms with van der Waals surface area (Å²) in [6.45, 7) is -0.221. The number of rotatable bonds is 5. The van der Waals surface area contributed by atoms with Gasteiger partial charge in [0.2, 0.25) is 5.91 Å². The summed E-state index contributed by atoms with van der Waals surface area (Å²) in [5.41, 5.74) is 0.759. The van der Waals surface area contributed by atoms with Gasteiger partial charge in [-0.05, 0) is 31.2 Å². The number of nitrogens with one attached hydrogen (secondary N) is 1. The molecule has 8 nitrogen and oxygen atoms in total. The number of alkyl halides is 3. The molecule has 0 aliphatic carbocycles. The molecule has 0 radical (unpaired) electrons. The molecule has 2 amide bonds. The molecule has 4 atom stereocenters. The fraction of sp³-hybridized carbons (Fsp3) is 0.391. The van der Waals surface area contributed by atoms with E-state index < -0.39 is 55.1 Å². The van der Waals surface area contributed by atoms with Gasteiger partial charge in [0.15, 0.2) is 0 Å². The molecule has 1 fully saturated rings. The second-order valence-corrected chi connectivity index (χ2v) is 8.32. The Morgan fingerprint density at radius 2 is 2.06 bits per heavy atom. The Kier molecular flexibility index (Phi) is 6.30. The Morgan fingerprint density at radius 3 is 2.68 bits per heavy atom. The van der Waals surface area contributed by atoms with Gasteiger partial charge in [0.25, 0.3) is 11.5 Å². The summed E-state index contributed by atoms with van der Waals surface area (Å²) in [5, 5.41) is 12.0. The molecule has 180 valence electrons. The number of carbonyl (C=O) groups excluding carboxylic acids is 2. The lowest BCUT2D eigenvalue weighted by Gasteiger charge is -2.31. The first kappa shape index (κ1) is 23.7. The van der Waals surface area contributed by atoms with E-state index in [2.05, 4.69) is 4.98 Å². The second kappa shape index (κ2) is 9.05. The minimum Gasteiger partial charge on any atom is -0.396 e. The first-order valence-corrected chi connectivity index (χ1v) is 10.7. The van der Waals surface area contributed by atoms with Crippen molar-refractivity contribution in [1.29, 1.82) is 0 Å². The molecule has 0 bridgehead atoms. The van der Waals surface area contributed by atoms with Crippen LogP contribution in [0.25, 0.3) is 6.08 Å². The third kappa shape index (κ3) is 4.11. The first-order chi connectivity index (χ1) is 16.2. The third-order valence-corrected chi connectivity index (χ3v) is 6.33. The maximum absolute atomic E-state index is 13.5. The highest BCUT2D eigenvalue weighted by Gasteiger charge is 2.57. The van der Waals surface area contributed by atoms with Crippen LogP contribution in [0, 0.1) is 11.8 Å². The van der Waals surface area contributed by atoms with E-state index in [1.165, 1.54) is 34.0 Å². The van der Waals surface area contributed by atoms with Gasteiger partial charge in [-0.25, -0.2) is 0 Å². The van der Waals surface area contributed by atoms with Crippen LogP contribution in [-0.4, -0.2) is 56.7 Å². The number of halogens is 3. The van der Waals surface area contributed by atoms with Crippen LogP contribution in [0.2, 0.25) is 0 Å². The lowest BCUT2D eigenvalue weighted by atomic mass is 9.88. The van der Waals surface area contributed by atoms with Gasteiger partial charge < -0.3 is 19.9 Å². The first-order valence-electron chi connectivity index (χ1n) is 10.7. The number of pyridine rings is 2. The van der Waals surface area contributed by atoms with Crippen molar-refractivity contribution in [2.75, 3.05) is 13.2 Å². The second-order valence-electron chi connectivity index (χ2n) is 8.32. The third-order valence-electron chi connectivity index (χ3n) is 6.33. The van der Waals surface area contributed by atoms with Crippen LogP contribution in [0.3, 0.4) is 0 Å². The average Bonchev–Trinajstić information content (AvgIpc) is 3.34. The summed E-state index contributed by atoms with van der Waals surface area (Å²) in [6.07, 6.45) is 1.49. The number of fused-ring (bicyclic) bond motifs is 3. The zero-order valence-electron chi connectivity index (χ0n) is 18.2. The van der Waals surface area contributed by atoms with E-state index in [0.717, 1.165) is 0 Å². The average molecular weight is 476 g/mol. The topological polar surface area (TPSA) is 105 Å². The molecule has 0 unspecified atom stereocenters. The van der Waals surface area contributed by atoms with Crippen molar-refractivity contribution in [1.82, 2.24) is 19.8 Å². The Hall–Kier alpha value is -3.47. The highest BCUT2D eigenvalue weighted by atomic mass is 19.4. The summed E-state index contributed by atoms with van der Waals surface area (Å²) in [5.74, 6) is -3.05. The van der Waals surface area contributed by atoms with Gasteiger partial charge in [-0.1, -0.05) is 12.2 Å². The fourth-order valence-corrected chi connectivity index (χ4v) is 4.96. The lowest BCUT2D eigenvalue weighted by Crippen LogP contribution is -2.51. The fourth-order valence-electron chi connectivity index (χ4n) is 4.96. The Morgan fingerprint density at radius 1 is 1.29 bits per heavy atom. The van der Waals surface area contributed by atoms with Gasteiger partial charge in [0, 0.05) is 48.6 Å². The number of aromatic nitrogens is 2. The zero-order chi connectivity index (χ0) is 24.6. The van der Waals surface area contributed by atoms with E-state index in [1.807, 2.05) is 5.32 Å². The van der Waals surface area contributed by atoms with Crippen LogP contribution in [0.15, 0.2) is 47.5 Å². The van der Waals surface area contributed by atoms with E-state index in [0.29, 0.717) is 11.3 Å². The number of carbonyl (C=O) groups is 2. The molecular weight excluding hydrogens is 453 g/mol. The van der Waals surface area contributed by atoms with Crippen molar-refractivity contribution in [2.24, 2.45) is 11.8 Å². The number of aliphatic hydroxyl groups excluding tert-OH is 1. The highest BCUT2D eigenvalue weighted by molar-refractivity contribution is 5.98. The standard InChI is InChI=1S/C23H23F3N4O4/c1-2-4-13-6-7-17-18-15(10-29(17)21(13)33)16(11-31)19(20(32)28-12-23(24,25)26)30(18)22(34)14-5-3-8-27-9-14/h2-9,15-16,18-19,31H,10-12H2,1H3,(H,28,32)/t15-,16-,18+,19-/m1/s1. The Balaban J connectivity index is 1.81. The van der Waals surface area contributed by atoms with Gasteiger partial charge in [0.1, 0.15) is 12.6 Å². The Bertz CT molecular complexity index is 1180. The van der Waals surface area contributed by atoms with Crippen LogP contribution in [-0.2, 0) is 11.3 Å². The molecule has 2 aromatic rings. The minimum atomic E-state index is -4.64. The SMILES string of the molecule is CC=Cc1ccc2n(c1=O)C[C@@H]1[C@@H](CO)[C@H](C(=O)NCC(F)(F)F)N(C(=O)c3cccnc3)[C@H]21. The molecule has 34 heavy (non-hydrogen) atoms. The van der Waals surface area contributed by atoms with Gasteiger partial charge >= 0.3 is 6.18 Å². The summed E-state index contributed by atoms with van der Waals surface area (Å²) in [4.78, 5) is 44.6. The molecule has 0 aromatic carbocycles. The normalized spacial score (nSPS) is 23.7. The molecule has 2 aliphatic heterocycles. The molecule has 2 aromatic heterocycles. The van der Waals surface area contributed by atoms with Crippen molar-refractivity contribution in [3.8, 4) is 0 Å². The number of amides is 2. The molecule has 2 aliphatic rings. The predicted molar refractivity (Wildman–Crippen MR) is 115 cm³/mol. The van der Waals surface area contributed by atoms with Gasteiger partial charge in [-0.2, -0.15) is 13.2 Å². The van der Waals surface area contributed by atoms with Crippen LogP contribution < -0.4 is 10.9 Å². The van der Waals surface area contributed by atoms with E-state index in [1.54, 1.807) is 31.2 Å². The largest absolute Gasteiger partial charge is 0.405 e. The minimum absolute atomic E-state index is 0.120. The number of allylic oxidation sites excluding steroid dienone is 1. The quantitative estimate of drug-likeness (QED) is 0.685. The van der Waals surface area contributed by atoms with Crippen molar-refractivity contribution < 1.29 is 27.9 Å². The number of hydrogen-bond donors (Lipinski definition) is 2. The molecule has 0 saturated carbocycles. The lowest BCUT2D eigenvalue weighted by molar-refractivity contribution is -0.141. The molecule has 4 rings (SSSR count). The predicted octanol–water partition coefficient (Wildman–Crippen LogP) is 1.76. The van der Waals surface area contributed by atoms with Gasteiger partial charge in [-0.3, -0.25) is 19.4 Å². The van der Waals surface area contributed by atoms with Crippen LogP contribution in [0.4, 0.5) is 13.2 Å². The number of aliphatic hydroxyl groups is 1. The summed E-state index contributed by atoms with van der Waals surface area (Å²) in [7, 11) is 0. The highest BCUT2D eigenvalue weighted by Crippen LogP contribution is 2.49. The van der Waals surface area contributed by atoms with E-state index in [-0.39, 0.29) is 17.7 Å². The molecular formula is C23H23F3N4O4. The number of hydrogen-bond acceptors (Lipinski definition) is 5. The van der Waals surface area contributed by atoms with Crippen molar-refractivity contribution in [3.05, 3.63) is 69.9 Å². The summed E-state index contributed by atoms with van der Waals surface area (Å²) >= 11 is 0. The molecule has 11 heteroatoms. The number of nitrogens with zero attached hydrogens (tertiary/aromatic N) is 3. The van der Waals surface area contributed by atoms with E-state index >= 15 is 0 Å². The molecule has 2 N–H and O–H groups in total. The molecule has 4 heterocycles. The zero-order valence-corrected chi connectivity index (χ0v) is 18.2. The van der Waals surface area contributed by atoms with Gasteiger partial charge in [0.05, 0.1) is 11.6 Å². The molecule has 1 saturated heterocycles. The van der Waals surface area contributed by atoms with Gasteiger partial charge in [-0.15, -0.1) is 0 Å². The van der Waals surface area contributed by atoms with Crippen LogP contribution >= 0.6 is 0 Å². The monoisotopic (exact) mass is 476 g/mol. The summed E-state index contributed by atoms with van der Waals surface area (Å²) < 4.78 is 39.8. The maximum atomic E-state index is 13.5. The van der Waals surface area contributed by atoms with Crippen molar-refractivity contribution >= 4 is 17.9 Å². The summed E-state index contributed by atoms with van der Waals surface area (Å²) in [6, 6.07) is 4.16. The Labute approximate surface area is 192 Å². The molecule has 0 spiro atoms. The van der Waals surface area contributed by atoms with Crippen LogP contribution in [0.1, 0.15) is 34.6 Å². The van der Waals surface area contributed by atoms with Crippen molar-refractivity contribution in [2.45, 2.75) is 31.7 Å². The number of likely N-dealkylation sites (tertiary alicyclic amines) is 1. The van der Waals surface area contributed by atoms with E-state index in [4.69, 9.17) is 0 Å².